The molecule has 0 amide bonds. The summed E-state index contributed by atoms with van der Waals surface area (Å²) in [4.78, 5) is 0. The van der Waals surface area contributed by atoms with Gasteiger partial charge in [-0.15, -0.1) is 0 Å². The third-order valence-corrected chi connectivity index (χ3v) is 3.78. The monoisotopic (exact) mass is 327 g/mol. The zero-order valence-electron chi connectivity index (χ0n) is 13.1. The maximum atomic E-state index is 9.93. The molecule has 7 heteroatoms. The second-order valence-corrected chi connectivity index (χ2v) is 5.64. The molecule has 0 aliphatic carbocycles. The van der Waals surface area contributed by atoms with Gasteiger partial charge < -0.3 is 35.2 Å². The van der Waals surface area contributed by atoms with E-state index in [1.54, 1.807) is 12.1 Å². The van der Waals surface area contributed by atoms with E-state index in [0.717, 1.165) is 25.1 Å². The first kappa shape index (κ1) is 18.1. The topological polar surface area (TPSA) is 111 Å². The van der Waals surface area contributed by atoms with Crippen LogP contribution in [0.2, 0.25) is 0 Å². The fourth-order valence-electron chi connectivity index (χ4n) is 2.39. The van der Waals surface area contributed by atoms with Crippen molar-refractivity contribution in [1.29, 1.82) is 0 Å². The standard InChI is InChI=1S/C16H25NO6/c1-2-7-17-8-10-3-5-11(6-4-10)22-16-15(21)14(20)13(19)12(9-18)23-16/h3-6,12-21H,2,7-9H2,1H3. The fourth-order valence-corrected chi connectivity index (χ4v) is 2.39. The molecule has 1 saturated heterocycles. The van der Waals surface area contributed by atoms with E-state index in [2.05, 4.69) is 12.2 Å². The van der Waals surface area contributed by atoms with Crippen molar-refractivity contribution in [3.8, 4) is 5.75 Å². The summed E-state index contributed by atoms with van der Waals surface area (Å²) in [5.41, 5.74) is 1.10. The van der Waals surface area contributed by atoms with Crippen molar-refractivity contribution in [2.45, 2.75) is 50.6 Å². The highest BCUT2D eigenvalue weighted by Gasteiger charge is 2.44. The molecule has 0 saturated carbocycles. The normalized spacial score (nSPS) is 31.1. The van der Waals surface area contributed by atoms with Gasteiger partial charge in [-0.1, -0.05) is 19.1 Å². The van der Waals surface area contributed by atoms with Crippen LogP contribution in [0.25, 0.3) is 0 Å². The Morgan fingerprint density at radius 3 is 2.39 bits per heavy atom. The molecule has 130 valence electrons. The van der Waals surface area contributed by atoms with E-state index < -0.39 is 37.3 Å². The molecule has 2 rings (SSSR count). The van der Waals surface area contributed by atoms with Crippen molar-refractivity contribution in [2.24, 2.45) is 0 Å². The predicted octanol–water partition coefficient (Wildman–Crippen LogP) is -0.635. The van der Waals surface area contributed by atoms with Crippen molar-refractivity contribution in [3.05, 3.63) is 29.8 Å². The average molecular weight is 327 g/mol. The smallest absolute Gasteiger partial charge is 0.229 e. The second kappa shape index (κ2) is 8.58. The quantitative estimate of drug-likeness (QED) is 0.424. The molecule has 7 nitrogen and oxygen atoms in total. The van der Waals surface area contributed by atoms with E-state index in [4.69, 9.17) is 14.6 Å². The molecule has 5 N–H and O–H groups in total. The van der Waals surface area contributed by atoms with Crippen LogP contribution in [0.1, 0.15) is 18.9 Å². The summed E-state index contributed by atoms with van der Waals surface area (Å²) in [6, 6.07) is 7.26. The third-order valence-electron chi connectivity index (χ3n) is 3.78. The maximum absolute atomic E-state index is 9.93. The Balaban J connectivity index is 1.95. The largest absolute Gasteiger partial charge is 0.462 e. The number of hydrogen-bond acceptors (Lipinski definition) is 7. The molecule has 1 aromatic rings. The Kier molecular flexibility index (Phi) is 6.76. The highest BCUT2D eigenvalue weighted by atomic mass is 16.7. The van der Waals surface area contributed by atoms with E-state index >= 15 is 0 Å². The molecule has 1 aliphatic heterocycles. The van der Waals surface area contributed by atoms with E-state index in [9.17, 15) is 15.3 Å². The van der Waals surface area contributed by atoms with Gasteiger partial charge in [0.15, 0.2) is 0 Å². The molecule has 0 spiro atoms. The Labute approximate surface area is 135 Å². The van der Waals surface area contributed by atoms with Crippen molar-refractivity contribution in [1.82, 2.24) is 5.32 Å². The molecule has 1 fully saturated rings. The highest BCUT2D eigenvalue weighted by Crippen LogP contribution is 2.24. The Bertz CT molecular complexity index is 466. The van der Waals surface area contributed by atoms with E-state index in [-0.39, 0.29) is 0 Å². The van der Waals surface area contributed by atoms with Crippen LogP contribution < -0.4 is 10.1 Å². The number of aliphatic hydroxyl groups is 4. The number of ether oxygens (including phenoxy) is 2. The zero-order chi connectivity index (χ0) is 16.8. The average Bonchev–Trinajstić information content (AvgIpc) is 2.57. The van der Waals surface area contributed by atoms with E-state index in [1.165, 1.54) is 0 Å². The Morgan fingerprint density at radius 2 is 1.78 bits per heavy atom. The van der Waals surface area contributed by atoms with Gasteiger partial charge >= 0.3 is 0 Å². The molecular formula is C16H25NO6. The molecule has 1 aromatic carbocycles. The summed E-state index contributed by atoms with van der Waals surface area (Å²) in [7, 11) is 0. The Hall–Kier alpha value is -1.22. The lowest BCUT2D eigenvalue weighted by Gasteiger charge is -2.39. The maximum Gasteiger partial charge on any atom is 0.229 e. The highest BCUT2D eigenvalue weighted by molar-refractivity contribution is 5.27. The van der Waals surface area contributed by atoms with Gasteiger partial charge in [0, 0.05) is 6.54 Å². The number of hydrogen-bond donors (Lipinski definition) is 5. The fraction of sp³-hybridized carbons (Fsp3) is 0.625. The summed E-state index contributed by atoms with van der Waals surface area (Å²) in [5.74, 6) is 0.466. The van der Waals surface area contributed by atoms with Crippen molar-refractivity contribution in [2.75, 3.05) is 13.2 Å². The van der Waals surface area contributed by atoms with Crippen LogP contribution in [0, 0.1) is 0 Å². The predicted molar refractivity (Wildman–Crippen MR) is 82.8 cm³/mol. The lowest BCUT2D eigenvalue weighted by Crippen LogP contribution is -2.60. The Morgan fingerprint density at radius 1 is 1.09 bits per heavy atom. The van der Waals surface area contributed by atoms with Gasteiger partial charge in [-0.25, -0.2) is 0 Å². The van der Waals surface area contributed by atoms with Crippen molar-refractivity contribution in [3.63, 3.8) is 0 Å². The molecule has 1 aliphatic rings. The molecule has 23 heavy (non-hydrogen) atoms. The van der Waals surface area contributed by atoms with Gasteiger partial charge in [-0.3, -0.25) is 0 Å². The van der Waals surface area contributed by atoms with E-state index in [0.29, 0.717) is 5.75 Å². The van der Waals surface area contributed by atoms with Crippen molar-refractivity contribution >= 4 is 0 Å². The minimum atomic E-state index is -1.44. The molecule has 0 aromatic heterocycles. The third kappa shape index (κ3) is 4.63. The summed E-state index contributed by atoms with van der Waals surface area (Å²) in [6.07, 6.45) is -5.30. The van der Waals surface area contributed by atoms with Crippen LogP contribution in [-0.2, 0) is 11.3 Å². The molecule has 1 heterocycles. The van der Waals surface area contributed by atoms with Crippen molar-refractivity contribution < 1.29 is 29.9 Å². The van der Waals surface area contributed by atoms with E-state index in [1.807, 2.05) is 12.1 Å². The summed E-state index contributed by atoms with van der Waals surface area (Å²) in [5, 5.41) is 41.8. The van der Waals surface area contributed by atoms with Crippen LogP contribution in [0.4, 0.5) is 0 Å². The first-order chi connectivity index (χ1) is 11.1. The number of aliphatic hydroxyl groups excluding tert-OH is 4. The summed E-state index contributed by atoms with van der Waals surface area (Å²) in [6.45, 7) is 3.33. The van der Waals surface area contributed by atoms with Crippen LogP contribution in [-0.4, -0.2) is 64.3 Å². The molecular weight excluding hydrogens is 302 g/mol. The van der Waals surface area contributed by atoms with Gasteiger partial charge in [0.25, 0.3) is 0 Å². The van der Waals surface area contributed by atoms with Crippen LogP contribution in [0.3, 0.4) is 0 Å². The summed E-state index contributed by atoms with van der Waals surface area (Å²) < 4.78 is 10.8. The van der Waals surface area contributed by atoms with Gasteiger partial charge in [0.1, 0.15) is 30.2 Å². The van der Waals surface area contributed by atoms with Crippen LogP contribution in [0.15, 0.2) is 24.3 Å². The first-order valence-electron chi connectivity index (χ1n) is 7.83. The lowest BCUT2D eigenvalue weighted by molar-refractivity contribution is -0.277. The number of nitrogens with one attached hydrogen (secondary N) is 1. The van der Waals surface area contributed by atoms with Gasteiger partial charge in [-0.2, -0.15) is 0 Å². The minimum Gasteiger partial charge on any atom is -0.462 e. The molecule has 5 atom stereocenters. The first-order valence-corrected chi connectivity index (χ1v) is 7.83. The molecule has 0 radical (unpaired) electrons. The van der Waals surface area contributed by atoms with Gasteiger partial charge in [0.05, 0.1) is 6.61 Å². The molecule has 5 unspecified atom stereocenters. The van der Waals surface area contributed by atoms with Gasteiger partial charge in [0.2, 0.25) is 6.29 Å². The van der Waals surface area contributed by atoms with Crippen LogP contribution in [0.5, 0.6) is 5.75 Å². The SMILES string of the molecule is CCCNCc1ccc(OC2OC(CO)C(O)C(O)C2O)cc1. The van der Waals surface area contributed by atoms with Gasteiger partial charge in [-0.05, 0) is 30.7 Å². The zero-order valence-corrected chi connectivity index (χ0v) is 13.1. The second-order valence-electron chi connectivity index (χ2n) is 5.64. The molecule has 0 bridgehead atoms. The minimum absolute atomic E-state index is 0.466. The summed E-state index contributed by atoms with van der Waals surface area (Å²) >= 11 is 0. The number of rotatable bonds is 7. The number of benzene rings is 1. The lowest BCUT2D eigenvalue weighted by atomic mass is 9.99. The van der Waals surface area contributed by atoms with Crippen LogP contribution >= 0.6 is 0 Å².